The van der Waals surface area contributed by atoms with Gasteiger partial charge in [0.2, 0.25) is 0 Å². The van der Waals surface area contributed by atoms with Crippen molar-refractivity contribution in [2.24, 2.45) is 5.73 Å². The van der Waals surface area contributed by atoms with Crippen LogP contribution in [0.15, 0.2) is 0 Å². The Balaban J connectivity index is 2.02. The van der Waals surface area contributed by atoms with Crippen LogP contribution in [0.4, 0.5) is 0 Å². The van der Waals surface area contributed by atoms with Crippen LogP contribution >= 0.6 is 0 Å². The van der Waals surface area contributed by atoms with Gasteiger partial charge in [-0.25, -0.2) is 0 Å². The van der Waals surface area contributed by atoms with Crippen LogP contribution in [0.25, 0.3) is 0 Å². The van der Waals surface area contributed by atoms with Crippen molar-refractivity contribution in [1.82, 2.24) is 5.32 Å². The summed E-state index contributed by atoms with van der Waals surface area (Å²) in [6.07, 6.45) is 3.03. The fraction of sp³-hybridized carbons (Fsp3) is 1.00. The Morgan fingerprint density at radius 1 is 1.64 bits per heavy atom. The second-order valence-corrected chi connectivity index (χ2v) is 3.51. The molecule has 1 aliphatic carbocycles. The molecule has 0 bridgehead atoms. The molecule has 0 aromatic heterocycles. The van der Waals surface area contributed by atoms with Gasteiger partial charge in [0.05, 0.1) is 0 Å². The van der Waals surface area contributed by atoms with Crippen LogP contribution < -0.4 is 11.1 Å². The van der Waals surface area contributed by atoms with Crippen LogP contribution in [-0.4, -0.2) is 29.8 Å². The standard InChI is InChI=1S/C8H18N2O/c1-6(2-3-11)10-8-4-7(9)5-8/h6-8,10-11H,2-5,9H2,1H3. The lowest BCUT2D eigenvalue weighted by Crippen LogP contribution is -2.51. The Bertz CT molecular complexity index is 110. The molecule has 3 nitrogen and oxygen atoms in total. The zero-order valence-corrected chi connectivity index (χ0v) is 7.09. The number of rotatable bonds is 4. The summed E-state index contributed by atoms with van der Waals surface area (Å²) in [6, 6.07) is 1.44. The highest BCUT2D eigenvalue weighted by Gasteiger charge is 2.26. The van der Waals surface area contributed by atoms with Crippen molar-refractivity contribution in [2.75, 3.05) is 6.61 Å². The highest BCUT2D eigenvalue weighted by molar-refractivity contribution is 4.88. The van der Waals surface area contributed by atoms with Gasteiger partial charge in [0.15, 0.2) is 0 Å². The minimum atomic E-state index is 0.271. The van der Waals surface area contributed by atoms with Gasteiger partial charge >= 0.3 is 0 Å². The fourth-order valence-corrected chi connectivity index (χ4v) is 1.48. The molecule has 66 valence electrons. The lowest BCUT2D eigenvalue weighted by molar-refractivity contribution is 0.231. The van der Waals surface area contributed by atoms with Gasteiger partial charge in [-0.1, -0.05) is 0 Å². The van der Waals surface area contributed by atoms with Crippen molar-refractivity contribution >= 4 is 0 Å². The van der Waals surface area contributed by atoms with E-state index in [9.17, 15) is 0 Å². The third kappa shape index (κ3) is 2.77. The summed E-state index contributed by atoms with van der Waals surface area (Å²) in [5.41, 5.74) is 5.63. The molecule has 0 amide bonds. The molecule has 1 aliphatic rings. The highest BCUT2D eigenvalue weighted by atomic mass is 16.3. The third-order valence-electron chi connectivity index (χ3n) is 2.26. The van der Waals surface area contributed by atoms with E-state index in [0.717, 1.165) is 19.3 Å². The van der Waals surface area contributed by atoms with Crippen LogP contribution in [0.5, 0.6) is 0 Å². The normalized spacial score (nSPS) is 33.0. The monoisotopic (exact) mass is 158 g/mol. The van der Waals surface area contributed by atoms with Crippen LogP contribution in [0, 0.1) is 0 Å². The summed E-state index contributed by atoms with van der Waals surface area (Å²) >= 11 is 0. The van der Waals surface area contributed by atoms with Gasteiger partial charge in [0.25, 0.3) is 0 Å². The van der Waals surface area contributed by atoms with Crippen molar-refractivity contribution in [3.8, 4) is 0 Å². The summed E-state index contributed by atoms with van der Waals surface area (Å²) in [6.45, 7) is 2.37. The van der Waals surface area contributed by atoms with Crippen LogP contribution in [0.1, 0.15) is 26.2 Å². The molecule has 0 aromatic rings. The van der Waals surface area contributed by atoms with Gasteiger partial charge in [0.1, 0.15) is 0 Å². The lowest BCUT2D eigenvalue weighted by atomic mass is 9.87. The predicted molar refractivity (Wildman–Crippen MR) is 45.3 cm³/mol. The second-order valence-electron chi connectivity index (χ2n) is 3.51. The molecule has 0 aromatic carbocycles. The molecular weight excluding hydrogens is 140 g/mol. The summed E-state index contributed by atoms with van der Waals surface area (Å²) in [5.74, 6) is 0. The number of aliphatic hydroxyl groups excluding tert-OH is 1. The zero-order valence-electron chi connectivity index (χ0n) is 7.09. The molecule has 1 atom stereocenters. The first kappa shape index (κ1) is 8.97. The Kier molecular flexibility index (Phi) is 3.30. The first-order valence-corrected chi connectivity index (χ1v) is 4.35. The van der Waals surface area contributed by atoms with E-state index in [1.807, 2.05) is 0 Å². The third-order valence-corrected chi connectivity index (χ3v) is 2.26. The van der Waals surface area contributed by atoms with E-state index >= 15 is 0 Å². The molecule has 4 N–H and O–H groups in total. The van der Waals surface area contributed by atoms with Crippen molar-refractivity contribution in [1.29, 1.82) is 0 Å². The average molecular weight is 158 g/mol. The zero-order chi connectivity index (χ0) is 8.27. The van der Waals surface area contributed by atoms with Gasteiger partial charge in [-0.3, -0.25) is 0 Å². The van der Waals surface area contributed by atoms with Crippen molar-refractivity contribution in [3.63, 3.8) is 0 Å². The molecule has 1 unspecified atom stereocenters. The van der Waals surface area contributed by atoms with Gasteiger partial charge in [0, 0.05) is 24.7 Å². The van der Waals surface area contributed by atoms with Gasteiger partial charge in [-0.2, -0.15) is 0 Å². The number of aliphatic hydroxyl groups is 1. The van der Waals surface area contributed by atoms with Gasteiger partial charge < -0.3 is 16.2 Å². The topological polar surface area (TPSA) is 58.3 Å². The smallest absolute Gasteiger partial charge is 0.0445 e. The first-order valence-electron chi connectivity index (χ1n) is 4.35. The average Bonchev–Trinajstić information content (AvgIpc) is 1.85. The Labute approximate surface area is 68.0 Å². The van der Waals surface area contributed by atoms with Gasteiger partial charge in [-0.15, -0.1) is 0 Å². The number of nitrogens with two attached hydrogens (primary N) is 1. The molecule has 0 radical (unpaired) electrons. The summed E-state index contributed by atoms with van der Waals surface area (Å²) in [7, 11) is 0. The number of hydrogen-bond donors (Lipinski definition) is 3. The minimum absolute atomic E-state index is 0.271. The molecule has 0 saturated heterocycles. The molecule has 1 fully saturated rings. The first-order chi connectivity index (χ1) is 5.22. The highest BCUT2D eigenvalue weighted by Crippen LogP contribution is 2.18. The van der Waals surface area contributed by atoms with Crippen LogP contribution in [0.3, 0.4) is 0 Å². The Morgan fingerprint density at radius 2 is 2.27 bits per heavy atom. The van der Waals surface area contributed by atoms with E-state index in [1.54, 1.807) is 0 Å². The van der Waals surface area contributed by atoms with Gasteiger partial charge in [-0.05, 0) is 26.2 Å². The SMILES string of the molecule is CC(CCO)NC1CC(N)C1. The van der Waals surface area contributed by atoms with Crippen LogP contribution in [-0.2, 0) is 0 Å². The van der Waals surface area contributed by atoms with E-state index < -0.39 is 0 Å². The predicted octanol–water partition coefficient (Wildman–Crippen LogP) is -0.163. The molecule has 3 heteroatoms. The summed E-state index contributed by atoms with van der Waals surface area (Å²) in [4.78, 5) is 0. The molecule has 11 heavy (non-hydrogen) atoms. The maximum Gasteiger partial charge on any atom is 0.0445 e. The van der Waals surface area contributed by atoms with E-state index in [0.29, 0.717) is 18.1 Å². The summed E-state index contributed by atoms with van der Waals surface area (Å²) < 4.78 is 0. The number of hydrogen-bond acceptors (Lipinski definition) is 3. The molecule has 1 saturated carbocycles. The largest absolute Gasteiger partial charge is 0.396 e. The van der Waals surface area contributed by atoms with Crippen molar-refractivity contribution < 1.29 is 5.11 Å². The quantitative estimate of drug-likeness (QED) is 0.532. The second kappa shape index (κ2) is 4.04. The lowest BCUT2D eigenvalue weighted by Gasteiger charge is -2.35. The maximum atomic E-state index is 8.63. The minimum Gasteiger partial charge on any atom is -0.396 e. The number of nitrogens with one attached hydrogen (secondary N) is 1. The van der Waals surface area contributed by atoms with Crippen molar-refractivity contribution in [2.45, 2.75) is 44.3 Å². The Hall–Kier alpha value is -0.120. The molecule has 0 aliphatic heterocycles. The molecule has 0 spiro atoms. The Morgan fingerprint density at radius 3 is 2.73 bits per heavy atom. The van der Waals surface area contributed by atoms with E-state index in [2.05, 4.69) is 12.2 Å². The summed E-state index contributed by atoms with van der Waals surface area (Å²) in [5, 5.41) is 12.0. The molecular formula is C8H18N2O. The van der Waals surface area contributed by atoms with E-state index in [1.165, 1.54) is 0 Å². The van der Waals surface area contributed by atoms with E-state index in [4.69, 9.17) is 10.8 Å². The van der Waals surface area contributed by atoms with E-state index in [-0.39, 0.29) is 6.61 Å². The molecule has 0 heterocycles. The fourth-order valence-electron chi connectivity index (χ4n) is 1.48. The van der Waals surface area contributed by atoms with Crippen molar-refractivity contribution in [3.05, 3.63) is 0 Å². The van der Waals surface area contributed by atoms with Crippen LogP contribution in [0.2, 0.25) is 0 Å². The molecule has 1 rings (SSSR count). The maximum absolute atomic E-state index is 8.63.